The Hall–Kier alpha value is -0.820. The van der Waals surface area contributed by atoms with Gasteiger partial charge in [-0.25, -0.2) is 0 Å². The monoisotopic (exact) mass is 259 g/mol. The molecule has 2 rings (SSSR count). The van der Waals surface area contributed by atoms with E-state index < -0.39 is 0 Å². The van der Waals surface area contributed by atoms with Gasteiger partial charge < -0.3 is 5.32 Å². The predicted octanol–water partition coefficient (Wildman–Crippen LogP) is 4.38. The summed E-state index contributed by atoms with van der Waals surface area (Å²) in [7, 11) is 0. The van der Waals surface area contributed by atoms with Gasteiger partial charge in [-0.3, -0.25) is 0 Å². The molecule has 1 saturated carbocycles. The Bertz CT molecular complexity index is 373. The Balaban J connectivity index is 1.91. The van der Waals surface area contributed by atoms with Crippen molar-refractivity contribution in [2.24, 2.45) is 11.8 Å². The van der Waals surface area contributed by atoms with Crippen LogP contribution in [0, 0.1) is 11.8 Å². The molecule has 1 aliphatic carbocycles. The van der Waals surface area contributed by atoms with Crippen molar-refractivity contribution in [2.75, 3.05) is 6.54 Å². The van der Waals surface area contributed by atoms with Crippen LogP contribution < -0.4 is 5.32 Å². The number of nitrogens with one attached hydrogen (secondary N) is 1. The fourth-order valence-corrected chi connectivity index (χ4v) is 2.49. The average Bonchev–Trinajstić information content (AvgIpc) is 3.18. The highest BCUT2D eigenvalue weighted by atomic mass is 14.9. The van der Waals surface area contributed by atoms with Crippen molar-refractivity contribution >= 4 is 0 Å². The molecule has 106 valence electrons. The molecule has 1 atom stereocenters. The Morgan fingerprint density at radius 2 is 1.68 bits per heavy atom. The molecule has 1 aromatic carbocycles. The van der Waals surface area contributed by atoms with E-state index in [0.717, 1.165) is 17.9 Å². The third kappa shape index (κ3) is 4.65. The molecule has 1 N–H and O–H groups in total. The summed E-state index contributed by atoms with van der Waals surface area (Å²) in [4.78, 5) is 0. The molecule has 1 heteroatoms. The number of rotatable bonds is 7. The van der Waals surface area contributed by atoms with Crippen LogP contribution in [0.3, 0.4) is 0 Å². The molecule has 0 heterocycles. The van der Waals surface area contributed by atoms with Gasteiger partial charge in [0.25, 0.3) is 0 Å². The number of hydrogen-bond acceptors (Lipinski definition) is 1. The van der Waals surface area contributed by atoms with Gasteiger partial charge in [-0.05, 0) is 54.7 Å². The van der Waals surface area contributed by atoms with Crippen molar-refractivity contribution in [3.63, 3.8) is 0 Å². The molecular formula is C18H29N. The maximum atomic E-state index is 3.69. The van der Waals surface area contributed by atoms with Crippen molar-refractivity contribution in [2.45, 2.75) is 58.9 Å². The van der Waals surface area contributed by atoms with E-state index in [0.29, 0.717) is 5.92 Å². The van der Waals surface area contributed by atoms with Crippen LogP contribution in [0.5, 0.6) is 0 Å². The average molecular weight is 259 g/mol. The molecule has 0 aromatic heterocycles. The highest BCUT2D eigenvalue weighted by molar-refractivity contribution is 5.25. The zero-order valence-corrected chi connectivity index (χ0v) is 12.9. The van der Waals surface area contributed by atoms with Crippen LogP contribution in [-0.4, -0.2) is 12.6 Å². The third-order valence-electron chi connectivity index (χ3n) is 4.33. The maximum Gasteiger partial charge on any atom is 0.00683 e. The van der Waals surface area contributed by atoms with Crippen LogP contribution in [0.25, 0.3) is 0 Å². The first-order valence-electron chi connectivity index (χ1n) is 7.88. The van der Waals surface area contributed by atoms with Crippen molar-refractivity contribution in [3.8, 4) is 0 Å². The van der Waals surface area contributed by atoms with E-state index in [1.807, 2.05) is 0 Å². The van der Waals surface area contributed by atoms with Gasteiger partial charge in [0.15, 0.2) is 0 Å². The third-order valence-corrected chi connectivity index (χ3v) is 4.33. The number of hydrogen-bond donors (Lipinski definition) is 1. The molecule has 0 saturated heterocycles. The van der Waals surface area contributed by atoms with Crippen molar-refractivity contribution in [1.29, 1.82) is 0 Å². The predicted molar refractivity (Wildman–Crippen MR) is 83.6 cm³/mol. The molecule has 1 fully saturated rings. The van der Waals surface area contributed by atoms with Crippen LogP contribution >= 0.6 is 0 Å². The molecule has 0 aliphatic heterocycles. The van der Waals surface area contributed by atoms with E-state index in [1.54, 1.807) is 0 Å². The summed E-state index contributed by atoms with van der Waals surface area (Å²) in [5.74, 6) is 2.13. The standard InChI is InChI=1S/C18H29N/c1-13(2)16-7-5-15(6-8-16)11-17(14(3)4)12-19-18-9-10-18/h5-8,13-14,17-19H,9-12H2,1-4H3. The fourth-order valence-electron chi connectivity index (χ4n) is 2.49. The first-order valence-corrected chi connectivity index (χ1v) is 7.88. The minimum Gasteiger partial charge on any atom is -0.314 e. The molecule has 0 spiro atoms. The summed E-state index contributed by atoms with van der Waals surface area (Å²) in [6, 6.07) is 10.1. The molecule has 1 nitrogen and oxygen atoms in total. The largest absolute Gasteiger partial charge is 0.314 e. The molecule has 0 radical (unpaired) electrons. The normalized spacial score (nSPS) is 17.2. The minimum atomic E-state index is 0.631. The lowest BCUT2D eigenvalue weighted by Crippen LogP contribution is -2.29. The highest BCUT2D eigenvalue weighted by Crippen LogP contribution is 2.23. The van der Waals surface area contributed by atoms with Gasteiger partial charge in [-0.1, -0.05) is 52.0 Å². The van der Waals surface area contributed by atoms with E-state index in [1.165, 1.54) is 36.9 Å². The lowest BCUT2D eigenvalue weighted by molar-refractivity contribution is 0.359. The Labute approximate surface area is 118 Å². The molecule has 19 heavy (non-hydrogen) atoms. The van der Waals surface area contributed by atoms with Crippen LogP contribution in [0.1, 0.15) is 57.6 Å². The number of benzene rings is 1. The lowest BCUT2D eigenvalue weighted by atomic mass is 9.88. The Morgan fingerprint density at radius 3 is 2.16 bits per heavy atom. The second-order valence-corrected chi connectivity index (χ2v) is 6.79. The second-order valence-electron chi connectivity index (χ2n) is 6.79. The van der Waals surface area contributed by atoms with Crippen molar-refractivity contribution in [1.82, 2.24) is 5.32 Å². The molecule has 1 aliphatic rings. The fraction of sp³-hybridized carbons (Fsp3) is 0.667. The summed E-state index contributed by atoms with van der Waals surface area (Å²) in [6.07, 6.45) is 3.97. The van der Waals surface area contributed by atoms with Gasteiger partial charge in [0.2, 0.25) is 0 Å². The van der Waals surface area contributed by atoms with Crippen molar-refractivity contribution < 1.29 is 0 Å². The zero-order valence-electron chi connectivity index (χ0n) is 12.9. The van der Waals surface area contributed by atoms with Gasteiger partial charge in [0, 0.05) is 6.04 Å². The first kappa shape index (κ1) is 14.6. The maximum absolute atomic E-state index is 3.69. The van der Waals surface area contributed by atoms with Crippen LogP contribution in [0.2, 0.25) is 0 Å². The van der Waals surface area contributed by atoms with E-state index in [2.05, 4.69) is 57.3 Å². The van der Waals surface area contributed by atoms with Crippen molar-refractivity contribution in [3.05, 3.63) is 35.4 Å². The second kappa shape index (κ2) is 6.56. The summed E-state index contributed by atoms with van der Waals surface area (Å²) in [6.45, 7) is 10.4. The van der Waals surface area contributed by atoms with Crippen LogP contribution in [0.4, 0.5) is 0 Å². The minimum absolute atomic E-state index is 0.631. The molecule has 1 unspecified atom stereocenters. The van der Waals surface area contributed by atoms with E-state index >= 15 is 0 Å². The molecule has 0 amide bonds. The lowest BCUT2D eigenvalue weighted by Gasteiger charge is -2.22. The Morgan fingerprint density at radius 1 is 1.05 bits per heavy atom. The van der Waals surface area contributed by atoms with E-state index in [9.17, 15) is 0 Å². The van der Waals surface area contributed by atoms with Gasteiger partial charge in [-0.2, -0.15) is 0 Å². The molecule has 0 bridgehead atoms. The quantitative estimate of drug-likeness (QED) is 0.766. The topological polar surface area (TPSA) is 12.0 Å². The summed E-state index contributed by atoms with van der Waals surface area (Å²) >= 11 is 0. The van der Waals surface area contributed by atoms with Crippen LogP contribution in [-0.2, 0) is 6.42 Å². The highest BCUT2D eigenvalue weighted by Gasteiger charge is 2.23. The first-order chi connectivity index (χ1) is 9.06. The van der Waals surface area contributed by atoms with Gasteiger partial charge in [0.05, 0.1) is 0 Å². The van der Waals surface area contributed by atoms with Gasteiger partial charge >= 0.3 is 0 Å². The van der Waals surface area contributed by atoms with Crippen LogP contribution in [0.15, 0.2) is 24.3 Å². The summed E-state index contributed by atoms with van der Waals surface area (Å²) in [5, 5.41) is 3.69. The SMILES string of the molecule is CC(C)c1ccc(CC(CNC2CC2)C(C)C)cc1. The summed E-state index contributed by atoms with van der Waals surface area (Å²) < 4.78 is 0. The van der Waals surface area contributed by atoms with Gasteiger partial charge in [-0.15, -0.1) is 0 Å². The molecule has 1 aromatic rings. The molecular weight excluding hydrogens is 230 g/mol. The summed E-state index contributed by atoms with van der Waals surface area (Å²) in [5.41, 5.74) is 2.93. The zero-order chi connectivity index (χ0) is 13.8. The van der Waals surface area contributed by atoms with E-state index in [4.69, 9.17) is 0 Å². The smallest absolute Gasteiger partial charge is 0.00683 e. The Kier molecular flexibility index (Phi) is 5.04. The van der Waals surface area contributed by atoms with E-state index in [-0.39, 0.29) is 0 Å². The van der Waals surface area contributed by atoms with Gasteiger partial charge in [0.1, 0.15) is 0 Å².